The maximum Gasteiger partial charge on any atom is 0.305 e. The molecule has 1 atom stereocenters. The Morgan fingerprint density at radius 3 is 2.74 bits per heavy atom. The van der Waals surface area contributed by atoms with Crippen LogP contribution in [0.4, 0.5) is 0 Å². The van der Waals surface area contributed by atoms with Gasteiger partial charge in [-0.05, 0) is 19.8 Å². The van der Waals surface area contributed by atoms with E-state index in [4.69, 9.17) is 4.74 Å². The fourth-order valence-electron chi connectivity index (χ4n) is 2.50. The predicted molar refractivity (Wildman–Crippen MR) is 90.2 cm³/mol. The first-order chi connectivity index (χ1) is 11.0. The van der Waals surface area contributed by atoms with Crippen molar-refractivity contribution < 1.29 is 14.3 Å². The van der Waals surface area contributed by atoms with E-state index in [1.807, 2.05) is 18.7 Å². The van der Waals surface area contributed by atoms with Crippen molar-refractivity contribution in [2.75, 3.05) is 33.3 Å². The number of aliphatic imine (C=N–C) groups is 1. The van der Waals surface area contributed by atoms with Gasteiger partial charge in [-0.15, -0.1) is 0 Å². The van der Waals surface area contributed by atoms with Crippen LogP contribution in [0.5, 0.6) is 0 Å². The highest BCUT2D eigenvalue weighted by molar-refractivity contribution is 5.81. The first kappa shape index (κ1) is 19.3. The van der Waals surface area contributed by atoms with E-state index in [-0.39, 0.29) is 23.8 Å². The van der Waals surface area contributed by atoms with Crippen LogP contribution in [0, 0.1) is 5.92 Å². The van der Waals surface area contributed by atoms with E-state index in [1.54, 1.807) is 14.0 Å². The second kappa shape index (κ2) is 10.1. The van der Waals surface area contributed by atoms with Crippen molar-refractivity contribution >= 4 is 17.8 Å². The first-order valence-electron chi connectivity index (χ1n) is 8.39. The normalized spacial score (nSPS) is 18.2. The van der Waals surface area contributed by atoms with Gasteiger partial charge in [-0.1, -0.05) is 13.8 Å². The summed E-state index contributed by atoms with van der Waals surface area (Å²) in [6.07, 6.45) is 2.02. The van der Waals surface area contributed by atoms with E-state index in [1.165, 1.54) is 0 Å². The van der Waals surface area contributed by atoms with Crippen molar-refractivity contribution in [2.45, 2.75) is 46.1 Å². The van der Waals surface area contributed by atoms with E-state index in [0.29, 0.717) is 38.5 Å². The van der Waals surface area contributed by atoms with Crippen LogP contribution in [0.3, 0.4) is 0 Å². The Balaban J connectivity index is 2.27. The number of nitrogens with one attached hydrogen (secondary N) is 2. The molecule has 0 aromatic rings. The Labute approximate surface area is 138 Å². The number of rotatable bonds is 7. The smallest absolute Gasteiger partial charge is 0.305 e. The third-order valence-corrected chi connectivity index (χ3v) is 3.71. The highest BCUT2D eigenvalue weighted by Crippen LogP contribution is 2.12. The Hall–Kier alpha value is -1.79. The van der Waals surface area contributed by atoms with Crippen molar-refractivity contribution in [2.24, 2.45) is 10.9 Å². The summed E-state index contributed by atoms with van der Waals surface area (Å²) in [5.41, 5.74) is 0. The minimum atomic E-state index is -0.170. The topological polar surface area (TPSA) is 83.0 Å². The number of hydrogen-bond acceptors (Lipinski definition) is 4. The van der Waals surface area contributed by atoms with E-state index in [9.17, 15) is 9.59 Å². The summed E-state index contributed by atoms with van der Waals surface area (Å²) in [7, 11) is 1.71. The van der Waals surface area contributed by atoms with Crippen LogP contribution in [0.2, 0.25) is 0 Å². The lowest BCUT2D eigenvalue weighted by atomic mass is 10.2. The number of likely N-dealkylation sites (tertiary alicyclic amines) is 1. The molecule has 1 fully saturated rings. The SMILES string of the molecule is CCOC(=O)CCCNC(=NC)NC1CCN(C(=O)C(C)C)C1. The molecule has 0 aromatic heterocycles. The fraction of sp³-hybridized carbons (Fsp3) is 0.812. The number of ether oxygens (including phenoxy) is 1. The third-order valence-electron chi connectivity index (χ3n) is 3.71. The van der Waals surface area contributed by atoms with Gasteiger partial charge >= 0.3 is 5.97 Å². The summed E-state index contributed by atoms with van der Waals surface area (Å²) < 4.78 is 4.89. The molecule has 1 aliphatic heterocycles. The molecular formula is C16H30N4O3. The van der Waals surface area contributed by atoms with E-state index in [2.05, 4.69) is 15.6 Å². The second-order valence-electron chi connectivity index (χ2n) is 5.98. The lowest BCUT2D eigenvalue weighted by Gasteiger charge is -2.20. The van der Waals surface area contributed by atoms with Gasteiger partial charge in [0.1, 0.15) is 0 Å². The molecule has 0 radical (unpaired) electrons. The Kier molecular flexibility index (Phi) is 8.43. The molecule has 1 rings (SSSR count). The van der Waals surface area contributed by atoms with E-state index >= 15 is 0 Å². The summed E-state index contributed by atoms with van der Waals surface area (Å²) in [6.45, 7) is 8.22. The summed E-state index contributed by atoms with van der Waals surface area (Å²) in [4.78, 5) is 29.3. The van der Waals surface area contributed by atoms with Crippen molar-refractivity contribution in [1.29, 1.82) is 0 Å². The lowest BCUT2D eigenvalue weighted by molar-refractivity contribution is -0.143. The van der Waals surface area contributed by atoms with Gasteiger partial charge in [0.05, 0.1) is 6.61 Å². The number of esters is 1. The van der Waals surface area contributed by atoms with Crippen LogP contribution >= 0.6 is 0 Å². The van der Waals surface area contributed by atoms with E-state index in [0.717, 1.165) is 13.0 Å². The largest absolute Gasteiger partial charge is 0.466 e. The molecule has 0 saturated carbocycles. The second-order valence-corrected chi connectivity index (χ2v) is 5.98. The van der Waals surface area contributed by atoms with Crippen molar-refractivity contribution in [3.63, 3.8) is 0 Å². The lowest BCUT2D eigenvalue weighted by Crippen LogP contribution is -2.45. The molecule has 23 heavy (non-hydrogen) atoms. The van der Waals surface area contributed by atoms with Gasteiger partial charge in [0.2, 0.25) is 5.91 Å². The summed E-state index contributed by atoms with van der Waals surface area (Å²) in [6, 6.07) is 0.217. The quantitative estimate of drug-likeness (QED) is 0.312. The first-order valence-corrected chi connectivity index (χ1v) is 8.39. The van der Waals surface area contributed by atoms with Gasteiger partial charge in [-0.25, -0.2) is 0 Å². The molecule has 0 bridgehead atoms. The molecule has 1 amide bonds. The van der Waals surface area contributed by atoms with Crippen LogP contribution in [0.15, 0.2) is 4.99 Å². The molecule has 1 heterocycles. The van der Waals surface area contributed by atoms with Crippen LogP contribution in [-0.4, -0.2) is 62.1 Å². The molecular weight excluding hydrogens is 296 g/mol. The number of nitrogens with zero attached hydrogens (tertiary/aromatic N) is 2. The molecule has 0 aliphatic carbocycles. The monoisotopic (exact) mass is 326 g/mol. The van der Waals surface area contributed by atoms with Gasteiger partial charge < -0.3 is 20.3 Å². The third kappa shape index (κ3) is 6.88. The highest BCUT2D eigenvalue weighted by Gasteiger charge is 2.27. The van der Waals surface area contributed by atoms with Crippen LogP contribution < -0.4 is 10.6 Å². The summed E-state index contributed by atoms with van der Waals surface area (Å²) >= 11 is 0. The van der Waals surface area contributed by atoms with Crippen LogP contribution in [-0.2, 0) is 14.3 Å². The Morgan fingerprint density at radius 2 is 2.13 bits per heavy atom. The van der Waals surface area contributed by atoms with Crippen molar-refractivity contribution in [1.82, 2.24) is 15.5 Å². The zero-order valence-electron chi connectivity index (χ0n) is 14.7. The van der Waals surface area contributed by atoms with Gasteiger partial charge in [-0.3, -0.25) is 14.6 Å². The molecule has 1 saturated heterocycles. The Bertz CT molecular complexity index is 424. The highest BCUT2D eigenvalue weighted by atomic mass is 16.5. The number of guanidine groups is 1. The standard InChI is InChI=1S/C16H30N4O3/c1-5-23-14(21)7-6-9-18-16(17-4)19-13-8-10-20(11-13)15(22)12(2)3/h12-13H,5-11H2,1-4H3,(H2,17,18,19). The van der Waals surface area contributed by atoms with Gasteiger partial charge in [0, 0.05) is 45.1 Å². The molecule has 7 nitrogen and oxygen atoms in total. The Morgan fingerprint density at radius 1 is 1.39 bits per heavy atom. The molecule has 2 N–H and O–H groups in total. The molecule has 132 valence electrons. The molecule has 1 unspecified atom stereocenters. The maximum atomic E-state index is 12.0. The van der Waals surface area contributed by atoms with Gasteiger partial charge in [0.15, 0.2) is 5.96 Å². The minimum Gasteiger partial charge on any atom is -0.466 e. The zero-order valence-corrected chi connectivity index (χ0v) is 14.7. The van der Waals surface area contributed by atoms with Crippen molar-refractivity contribution in [3.05, 3.63) is 0 Å². The van der Waals surface area contributed by atoms with Gasteiger partial charge in [-0.2, -0.15) is 0 Å². The fourth-order valence-corrected chi connectivity index (χ4v) is 2.50. The van der Waals surface area contributed by atoms with Crippen LogP contribution in [0.25, 0.3) is 0 Å². The van der Waals surface area contributed by atoms with Crippen LogP contribution in [0.1, 0.15) is 40.0 Å². The average Bonchev–Trinajstić information content (AvgIpc) is 2.98. The molecule has 0 spiro atoms. The number of carbonyl (C=O) groups excluding carboxylic acids is 2. The molecule has 7 heteroatoms. The number of carbonyl (C=O) groups is 2. The van der Waals surface area contributed by atoms with Gasteiger partial charge in [0.25, 0.3) is 0 Å². The maximum absolute atomic E-state index is 12.0. The average molecular weight is 326 g/mol. The van der Waals surface area contributed by atoms with E-state index < -0.39 is 0 Å². The molecule has 1 aliphatic rings. The molecule has 0 aromatic carbocycles. The van der Waals surface area contributed by atoms with Crippen molar-refractivity contribution in [3.8, 4) is 0 Å². The summed E-state index contributed by atoms with van der Waals surface area (Å²) in [5.74, 6) is 0.773. The predicted octanol–water partition coefficient (Wildman–Crippen LogP) is 0.752. The number of amides is 1. The zero-order chi connectivity index (χ0) is 17.2. The minimum absolute atomic E-state index is 0.0362. The number of hydrogen-bond donors (Lipinski definition) is 2. The summed E-state index contributed by atoms with van der Waals surface area (Å²) in [5, 5.41) is 6.52.